The molecule has 0 saturated carbocycles. The molecule has 1 amide bonds. The van der Waals surface area contributed by atoms with Crippen LogP contribution in [0.5, 0.6) is 0 Å². The van der Waals surface area contributed by atoms with Crippen molar-refractivity contribution in [2.75, 3.05) is 18.5 Å². The Morgan fingerprint density at radius 1 is 1.36 bits per heavy atom. The van der Waals surface area contributed by atoms with Crippen LogP contribution in [0.1, 0.15) is 27.7 Å². The Bertz CT molecular complexity index is 901. The van der Waals surface area contributed by atoms with Gasteiger partial charge in [-0.3, -0.25) is 9.48 Å². The minimum atomic E-state index is -0.374. The fourth-order valence-electron chi connectivity index (χ4n) is 2.52. The van der Waals surface area contributed by atoms with Crippen molar-refractivity contribution in [3.05, 3.63) is 65.6 Å². The Balaban J connectivity index is 1.40. The molecule has 0 atom stereocenters. The van der Waals surface area contributed by atoms with Gasteiger partial charge in [0, 0.05) is 12.3 Å². The van der Waals surface area contributed by atoms with E-state index < -0.39 is 0 Å². The summed E-state index contributed by atoms with van der Waals surface area (Å²) in [5, 5.41) is 10.7. The van der Waals surface area contributed by atoms with Crippen molar-refractivity contribution < 1.29 is 18.4 Å². The molecule has 3 aromatic rings. The van der Waals surface area contributed by atoms with Crippen LogP contribution in [0, 0.1) is 5.82 Å². The molecule has 0 aliphatic carbocycles. The summed E-state index contributed by atoms with van der Waals surface area (Å²) >= 11 is 0. The number of benzene rings is 1. The number of hydrogen-bond donors (Lipinski definition) is 1. The zero-order valence-corrected chi connectivity index (χ0v) is 13.2. The number of amides is 1. The lowest BCUT2D eigenvalue weighted by Gasteiger charge is -2.22. The van der Waals surface area contributed by atoms with Crippen molar-refractivity contribution in [1.82, 2.24) is 14.9 Å². The number of anilines is 1. The second-order valence-electron chi connectivity index (χ2n) is 5.86. The van der Waals surface area contributed by atoms with Crippen LogP contribution in [0.15, 0.2) is 47.2 Å². The summed E-state index contributed by atoms with van der Waals surface area (Å²) < 4.78 is 25.1. The van der Waals surface area contributed by atoms with Crippen LogP contribution in [0.2, 0.25) is 0 Å². The molecular formula is C17H15FN4O3. The maximum Gasteiger partial charge on any atom is 0.277 e. The SMILES string of the molecule is O=C(Nc1cnn(Cc2cccc(F)c2)c1)c1cc(C2COC2)on1. The molecule has 0 spiro atoms. The molecule has 1 fully saturated rings. The predicted octanol–water partition coefficient (Wildman–Crippen LogP) is 2.42. The van der Waals surface area contributed by atoms with E-state index in [0.717, 1.165) is 5.56 Å². The third-order valence-electron chi connectivity index (χ3n) is 3.93. The van der Waals surface area contributed by atoms with Gasteiger partial charge >= 0.3 is 0 Å². The van der Waals surface area contributed by atoms with Crippen LogP contribution in [0.25, 0.3) is 0 Å². The summed E-state index contributed by atoms with van der Waals surface area (Å²) in [6.07, 6.45) is 3.20. The van der Waals surface area contributed by atoms with Gasteiger partial charge in [-0.1, -0.05) is 17.3 Å². The van der Waals surface area contributed by atoms with Gasteiger partial charge < -0.3 is 14.6 Å². The number of hydrogen-bond acceptors (Lipinski definition) is 5. The molecule has 2 aromatic heterocycles. The van der Waals surface area contributed by atoms with Gasteiger partial charge in [0.2, 0.25) is 0 Å². The molecule has 0 radical (unpaired) electrons. The summed E-state index contributed by atoms with van der Waals surface area (Å²) in [7, 11) is 0. The van der Waals surface area contributed by atoms with Gasteiger partial charge in [-0.25, -0.2) is 4.39 Å². The van der Waals surface area contributed by atoms with Crippen molar-refractivity contribution in [2.45, 2.75) is 12.5 Å². The van der Waals surface area contributed by atoms with E-state index in [2.05, 4.69) is 15.6 Å². The van der Waals surface area contributed by atoms with E-state index in [1.807, 2.05) is 6.07 Å². The van der Waals surface area contributed by atoms with Gasteiger partial charge in [0.15, 0.2) is 5.69 Å². The lowest BCUT2D eigenvalue weighted by molar-refractivity contribution is -0.00228. The van der Waals surface area contributed by atoms with Crippen LogP contribution in [-0.4, -0.2) is 34.1 Å². The van der Waals surface area contributed by atoms with E-state index in [1.54, 1.807) is 23.0 Å². The first-order valence-electron chi connectivity index (χ1n) is 7.80. The lowest BCUT2D eigenvalue weighted by Crippen LogP contribution is -2.24. The minimum Gasteiger partial charge on any atom is -0.380 e. The van der Waals surface area contributed by atoms with Gasteiger partial charge in [0.25, 0.3) is 5.91 Å². The highest BCUT2D eigenvalue weighted by atomic mass is 19.1. The number of rotatable bonds is 5. The van der Waals surface area contributed by atoms with E-state index in [-0.39, 0.29) is 23.3 Å². The van der Waals surface area contributed by atoms with Crippen LogP contribution >= 0.6 is 0 Å². The van der Waals surface area contributed by atoms with Crippen LogP contribution in [-0.2, 0) is 11.3 Å². The Morgan fingerprint density at radius 2 is 2.24 bits per heavy atom. The number of carbonyl (C=O) groups excluding carboxylic acids is 1. The lowest BCUT2D eigenvalue weighted by atomic mass is 10.1. The van der Waals surface area contributed by atoms with E-state index >= 15 is 0 Å². The Labute approximate surface area is 142 Å². The molecule has 1 saturated heterocycles. The number of nitrogens with zero attached hydrogens (tertiary/aromatic N) is 3. The van der Waals surface area contributed by atoms with Gasteiger partial charge in [0.1, 0.15) is 11.6 Å². The predicted molar refractivity (Wildman–Crippen MR) is 85.7 cm³/mol. The standard InChI is InChI=1S/C17H15FN4O3/c18-13-3-1-2-11(4-13)7-22-8-14(6-19-22)20-17(23)15-5-16(25-21-15)12-9-24-10-12/h1-6,8,12H,7,9-10H2,(H,20,23). The molecule has 3 heterocycles. The third-order valence-corrected chi connectivity index (χ3v) is 3.93. The average molecular weight is 342 g/mol. The van der Waals surface area contributed by atoms with Crippen LogP contribution in [0.4, 0.5) is 10.1 Å². The van der Waals surface area contributed by atoms with Crippen molar-refractivity contribution in [1.29, 1.82) is 0 Å². The molecule has 0 unspecified atom stereocenters. The number of carbonyl (C=O) groups is 1. The normalized spacial score (nSPS) is 14.3. The minimum absolute atomic E-state index is 0.170. The average Bonchev–Trinajstić information content (AvgIpc) is 3.16. The summed E-state index contributed by atoms with van der Waals surface area (Å²) in [5.74, 6) is 0.152. The van der Waals surface area contributed by atoms with Crippen molar-refractivity contribution in [3.8, 4) is 0 Å². The van der Waals surface area contributed by atoms with Gasteiger partial charge in [-0.15, -0.1) is 0 Å². The molecule has 8 heteroatoms. The number of ether oxygens (including phenoxy) is 1. The quantitative estimate of drug-likeness (QED) is 0.770. The Morgan fingerprint density at radius 3 is 3.00 bits per heavy atom. The van der Waals surface area contributed by atoms with E-state index in [1.165, 1.54) is 18.3 Å². The van der Waals surface area contributed by atoms with Crippen molar-refractivity contribution in [3.63, 3.8) is 0 Å². The highest BCUT2D eigenvalue weighted by molar-refractivity contribution is 6.02. The number of halogens is 1. The molecule has 0 bridgehead atoms. The fourth-order valence-corrected chi connectivity index (χ4v) is 2.52. The molecule has 25 heavy (non-hydrogen) atoms. The maximum atomic E-state index is 13.2. The van der Waals surface area contributed by atoms with E-state index in [0.29, 0.717) is 31.2 Å². The smallest absolute Gasteiger partial charge is 0.277 e. The van der Waals surface area contributed by atoms with Gasteiger partial charge in [-0.05, 0) is 17.7 Å². The molecule has 128 valence electrons. The second-order valence-corrected chi connectivity index (χ2v) is 5.86. The summed E-state index contributed by atoms with van der Waals surface area (Å²) in [6.45, 7) is 1.58. The highest BCUT2D eigenvalue weighted by Gasteiger charge is 2.26. The number of aromatic nitrogens is 3. The topological polar surface area (TPSA) is 82.2 Å². The van der Waals surface area contributed by atoms with Crippen molar-refractivity contribution >= 4 is 11.6 Å². The zero-order chi connectivity index (χ0) is 17.2. The molecule has 1 aliphatic rings. The first-order chi connectivity index (χ1) is 12.2. The molecule has 1 N–H and O–H groups in total. The Kier molecular flexibility index (Phi) is 4.02. The summed E-state index contributed by atoms with van der Waals surface area (Å²) in [6, 6.07) is 7.91. The molecule has 7 nitrogen and oxygen atoms in total. The van der Waals surface area contributed by atoms with Crippen LogP contribution in [0.3, 0.4) is 0 Å². The van der Waals surface area contributed by atoms with Crippen LogP contribution < -0.4 is 5.32 Å². The number of nitrogens with one attached hydrogen (secondary N) is 1. The van der Waals surface area contributed by atoms with Gasteiger partial charge in [-0.2, -0.15) is 5.10 Å². The first kappa shape index (κ1) is 15.5. The molecule has 1 aliphatic heterocycles. The maximum absolute atomic E-state index is 13.2. The molecule has 1 aromatic carbocycles. The largest absolute Gasteiger partial charge is 0.380 e. The first-order valence-corrected chi connectivity index (χ1v) is 7.80. The Hall–Kier alpha value is -3.00. The second kappa shape index (κ2) is 6.48. The fraction of sp³-hybridized carbons (Fsp3) is 0.235. The monoisotopic (exact) mass is 342 g/mol. The molecular weight excluding hydrogens is 327 g/mol. The summed E-state index contributed by atoms with van der Waals surface area (Å²) in [4.78, 5) is 12.2. The van der Waals surface area contributed by atoms with Gasteiger partial charge in [0.05, 0.1) is 37.6 Å². The zero-order valence-electron chi connectivity index (χ0n) is 13.2. The third kappa shape index (κ3) is 3.43. The highest BCUT2D eigenvalue weighted by Crippen LogP contribution is 2.24. The van der Waals surface area contributed by atoms with E-state index in [9.17, 15) is 9.18 Å². The van der Waals surface area contributed by atoms with Crippen molar-refractivity contribution in [2.24, 2.45) is 0 Å². The summed E-state index contributed by atoms with van der Waals surface area (Å²) in [5.41, 5.74) is 1.52. The molecule has 4 rings (SSSR count). The van der Waals surface area contributed by atoms with E-state index in [4.69, 9.17) is 9.26 Å².